The largest absolute Gasteiger partial charge is 0.382 e. The van der Waals surface area contributed by atoms with E-state index in [9.17, 15) is 17.6 Å². The number of hydrogen-bond acceptors (Lipinski definition) is 6. The molecule has 166 valence electrons. The first kappa shape index (κ1) is 21.8. The van der Waals surface area contributed by atoms with E-state index >= 15 is 4.39 Å². The van der Waals surface area contributed by atoms with Gasteiger partial charge < -0.3 is 11.1 Å². The lowest BCUT2D eigenvalue weighted by Crippen LogP contribution is -2.24. The molecule has 0 radical (unpaired) electrons. The van der Waals surface area contributed by atoms with Gasteiger partial charge >= 0.3 is 0 Å². The second kappa shape index (κ2) is 8.27. The lowest BCUT2D eigenvalue weighted by Gasteiger charge is -2.15. The highest BCUT2D eigenvalue weighted by molar-refractivity contribution is 7.90. The van der Waals surface area contributed by atoms with E-state index in [2.05, 4.69) is 15.3 Å². The number of nitrogens with one attached hydrogen (secondary N) is 1. The number of rotatable bonds is 6. The summed E-state index contributed by atoms with van der Waals surface area (Å²) in [7, 11) is -4.01. The first-order chi connectivity index (χ1) is 15.2. The van der Waals surface area contributed by atoms with Gasteiger partial charge in [0.15, 0.2) is 21.5 Å². The highest BCUT2D eigenvalue weighted by atomic mass is 32.2. The maximum Gasteiger partial charge on any atom is 0.251 e. The summed E-state index contributed by atoms with van der Waals surface area (Å²) in [6, 6.07) is 9.17. The van der Waals surface area contributed by atoms with Crippen molar-refractivity contribution in [2.24, 2.45) is 0 Å². The van der Waals surface area contributed by atoms with E-state index in [4.69, 9.17) is 5.73 Å². The van der Waals surface area contributed by atoms with Crippen LogP contribution in [0.5, 0.6) is 0 Å². The van der Waals surface area contributed by atoms with Crippen molar-refractivity contribution < 1.29 is 22.0 Å². The smallest absolute Gasteiger partial charge is 0.251 e. The normalized spacial score (nSPS) is 13.7. The highest BCUT2D eigenvalue weighted by Crippen LogP contribution is 2.41. The Kier molecular flexibility index (Phi) is 5.64. The average molecular weight is 458 g/mol. The summed E-state index contributed by atoms with van der Waals surface area (Å²) in [5, 5.41) is 2.47. The zero-order valence-electron chi connectivity index (χ0n) is 17.1. The van der Waals surface area contributed by atoms with Crippen LogP contribution < -0.4 is 11.1 Å². The number of nitrogens with zero attached hydrogens (tertiary/aromatic N) is 2. The second-order valence-corrected chi connectivity index (χ2v) is 9.64. The van der Waals surface area contributed by atoms with Crippen molar-refractivity contribution in [3.05, 3.63) is 71.1 Å². The number of anilines is 1. The van der Waals surface area contributed by atoms with E-state index < -0.39 is 44.4 Å². The van der Waals surface area contributed by atoms with Gasteiger partial charge in [0.25, 0.3) is 5.91 Å². The van der Waals surface area contributed by atoms with Gasteiger partial charge in [0.05, 0.1) is 22.3 Å². The minimum absolute atomic E-state index is 0.143. The van der Waals surface area contributed by atoms with Gasteiger partial charge in [-0.1, -0.05) is 18.2 Å². The molecule has 1 aliphatic rings. The number of amides is 1. The van der Waals surface area contributed by atoms with Gasteiger partial charge in [-0.05, 0) is 31.0 Å². The third-order valence-corrected chi connectivity index (χ3v) is 6.29. The van der Waals surface area contributed by atoms with E-state index in [0.717, 1.165) is 25.2 Å². The highest BCUT2D eigenvalue weighted by Gasteiger charge is 2.30. The van der Waals surface area contributed by atoms with E-state index in [0.29, 0.717) is 11.3 Å². The molecular formula is C22H20F2N4O3S. The predicted molar refractivity (Wildman–Crippen MR) is 114 cm³/mol. The summed E-state index contributed by atoms with van der Waals surface area (Å²) in [4.78, 5) is 20.1. The molecule has 4 rings (SSSR count). The molecule has 10 heteroatoms. The minimum Gasteiger partial charge on any atom is -0.382 e. The molecule has 0 aliphatic heterocycles. The van der Waals surface area contributed by atoms with Crippen LogP contribution in [0.2, 0.25) is 0 Å². The molecule has 1 saturated carbocycles. The second-order valence-electron chi connectivity index (χ2n) is 7.66. The quantitative estimate of drug-likeness (QED) is 0.548. The van der Waals surface area contributed by atoms with Crippen LogP contribution in [0, 0.1) is 11.6 Å². The monoisotopic (exact) mass is 458 g/mol. The van der Waals surface area contributed by atoms with Crippen molar-refractivity contribution in [3.63, 3.8) is 0 Å². The molecule has 1 aromatic heterocycles. The summed E-state index contributed by atoms with van der Waals surface area (Å²) >= 11 is 0. The Balaban J connectivity index is 1.77. The fourth-order valence-electron chi connectivity index (χ4n) is 3.33. The van der Waals surface area contributed by atoms with Crippen LogP contribution in [0.3, 0.4) is 0 Å². The predicted octanol–water partition coefficient (Wildman–Crippen LogP) is 3.21. The van der Waals surface area contributed by atoms with E-state index in [1.54, 1.807) is 30.3 Å². The van der Waals surface area contributed by atoms with Gasteiger partial charge in [-0.3, -0.25) is 4.79 Å². The molecule has 32 heavy (non-hydrogen) atoms. The lowest BCUT2D eigenvalue weighted by atomic mass is 10.1. The standard InChI is InChI=1S/C22H20F2N4O3S/c1-32(30,31)16-9-14(10-27-22(29)13-5-3-2-4-6-13)18(23)19(24)17(16)20-21(25)26-11-15(28-20)12-7-8-12/h2-6,9,11-12H,7-8,10H2,1H3,(H2,25,26)(H,27,29). The Hall–Kier alpha value is -3.40. The van der Waals surface area contributed by atoms with Crippen molar-refractivity contribution in [2.45, 2.75) is 30.2 Å². The van der Waals surface area contributed by atoms with Crippen LogP contribution in [-0.2, 0) is 16.4 Å². The molecule has 1 aliphatic carbocycles. The number of carbonyl (C=O) groups is 1. The van der Waals surface area contributed by atoms with Crippen LogP contribution >= 0.6 is 0 Å². The van der Waals surface area contributed by atoms with Crippen molar-refractivity contribution in [2.75, 3.05) is 12.0 Å². The van der Waals surface area contributed by atoms with Gasteiger partial charge in [-0.2, -0.15) is 0 Å². The molecule has 2 aromatic carbocycles. The number of halogens is 2. The van der Waals surface area contributed by atoms with Crippen molar-refractivity contribution in [1.29, 1.82) is 0 Å². The maximum atomic E-state index is 15.2. The third-order valence-electron chi connectivity index (χ3n) is 5.17. The maximum absolute atomic E-state index is 15.2. The van der Waals surface area contributed by atoms with Crippen molar-refractivity contribution in [1.82, 2.24) is 15.3 Å². The first-order valence-corrected chi connectivity index (χ1v) is 11.7. The number of carbonyl (C=O) groups excluding carboxylic acids is 1. The Morgan fingerprint density at radius 2 is 1.88 bits per heavy atom. The number of nitrogen functional groups attached to an aromatic ring is 1. The van der Waals surface area contributed by atoms with Crippen LogP contribution in [0.1, 0.15) is 40.4 Å². The van der Waals surface area contributed by atoms with E-state index in [1.165, 1.54) is 6.20 Å². The van der Waals surface area contributed by atoms with Crippen molar-refractivity contribution >= 4 is 21.6 Å². The molecule has 0 bridgehead atoms. The Labute approximate surface area is 183 Å². The summed E-state index contributed by atoms with van der Waals surface area (Å²) < 4.78 is 55.2. The molecule has 1 amide bonds. The fraction of sp³-hybridized carbons (Fsp3) is 0.227. The summed E-state index contributed by atoms with van der Waals surface area (Å²) in [5.41, 5.74) is 5.64. The van der Waals surface area contributed by atoms with Gasteiger partial charge in [0, 0.05) is 29.8 Å². The van der Waals surface area contributed by atoms with Crippen molar-refractivity contribution in [3.8, 4) is 11.3 Å². The Morgan fingerprint density at radius 1 is 1.19 bits per heavy atom. The molecule has 1 fully saturated rings. The molecule has 0 unspecified atom stereocenters. The van der Waals surface area contributed by atoms with Crippen LogP contribution in [-0.4, -0.2) is 30.5 Å². The topological polar surface area (TPSA) is 115 Å². The number of benzene rings is 2. The molecular weight excluding hydrogens is 438 g/mol. The summed E-state index contributed by atoms with van der Waals surface area (Å²) in [6.07, 6.45) is 4.10. The fourth-order valence-corrected chi connectivity index (χ4v) is 4.25. The van der Waals surface area contributed by atoms with Crippen LogP contribution in [0.15, 0.2) is 47.5 Å². The van der Waals surface area contributed by atoms with E-state index in [-0.39, 0.29) is 23.0 Å². The van der Waals surface area contributed by atoms with Crippen LogP contribution in [0.4, 0.5) is 14.6 Å². The number of aromatic nitrogens is 2. The molecule has 3 N–H and O–H groups in total. The molecule has 1 heterocycles. The molecule has 3 aromatic rings. The number of sulfone groups is 1. The lowest BCUT2D eigenvalue weighted by molar-refractivity contribution is 0.0950. The van der Waals surface area contributed by atoms with Gasteiger partial charge in [-0.15, -0.1) is 0 Å². The van der Waals surface area contributed by atoms with Crippen LogP contribution in [0.25, 0.3) is 11.3 Å². The number of nitrogens with two attached hydrogens (primary N) is 1. The first-order valence-electron chi connectivity index (χ1n) is 9.83. The zero-order chi connectivity index (χ0) is 23.0. The summed E-state index contributed by atoms with van der Waals surface area (Å²) in [5.74, 6) is -3.28. The van der Waals surface area contributed by atoms with E-state index in [1.807, 2.05) is 0 Å². The zero-order valence-corrected chi connectivity index (χ0v) is 17.9. The Bertz CT molecular complexity index is 1310. The molecule has 0 atom stereocenters. The third kappa shape index (κ3) is 4.31. The molecule has 7 nitrogen and oxygen atoms in total. The van der Waals surface area contributed by atoms with Gasteiger partial charge in [-0.25, -0.2) is 27.2 Å². The van der Waals surface area contributed by atoms with Gasteiger partial charge in [0.1, 0.15) is 11.5 Å². The summed E-state index contributed by atoms with van der Waals surface area (Å²) in [6.45, 7) is -0.414. The Morgan fingerprint density at radius 3 is 2.50 bits per heavy atom. The SMILES string of the molecule is CS(=O)(=O)c1cc(CNC(=O)c2ccccc2)c(F)c(F)c1-c1nc(C2CC2)cnc1N. The number of hydrogen-bond donors (Lipinski definition) is 2. The minimum atomic E-state index is -4.01. The van der Waals surface area contributed by atoms with Gasteiger partial charge in [0.2, 0.25) is 0 Å². The average Bonchev–Trinajstić information content (AvgIpc) is 3.60. The molecule has 0 saturated heterocycles. The molecule has 0 spiro atoms.